The Hall–Kier alpha value is -12.0. The highest BCUT2D eigenvalue weighted by atomic mass is 16.6. The summed E-state index contributed by atoms with van der Waals surface area (Å²) in [6.07, 6.45) is 2.83. The van der Waals surface area contributed by atoms with Gasteiger partial charge in [-0.15, -0.1) is 0 Å². The van der Waals surface area contributed by atoms with E-state index in [-0.39, 0.29) is 48.9 Å². The average molecular weight is 1290 g/mol. The smallest absolute Gasteiger partial charge is 0.354 e. The number of carbonyl (C=O) groups is 4. The van der Waals surface area contributed by atoms with Gasteiger partial charge in [0.2, 0.25) is 5.91 Å². The summed E-state index contributed by atoms with van der Waals surface area (Å²) in [5.74, 6) is 0.104. The second-order valence-corrected chi connectivity index (χ2v) is 24.5. The number of azo groups is 1. The number of H-pyrrole nitrogens is 3. The molecule has 15 rings (SSSR count). The van der Waals surface area contributed by atoms with E-state index in [1.54, 1.807) is 37.3 Å². The van der Waals surface area contributed by atoms with Crippen LogP contribution in [0.5, 0.6) is 11.5 Å². The van der Waals surface area contributed by atoms with Gasteiger partial charge in [-0.05, 0) is 179 Å². The van der Waals surface area contributed by atoms with E-state index in [0.717, 1.165) is 100.0 Å². The number of carbonyl (C=O) groups excluding carboxylic acids is 4. The van der Waals surface area contributed by atoms with Crippen molar-refractivity contribution >= 4 is 90.4 Å². The van der Waals surface area contributed by atoms with Gasteiger partial charge in [-0.25, -0.2) is 4.79 Å². The Kier molecular flexibility index (Phi) is 16.2. The lowest BCUT2D eigenvalue weighted by atomic mass is 9.80. The molecule has 9 aromatic carbocycles. The number of ketones is 1. The predicted molar refractivity (Wildman–Crippen MR) is 371 cm³/mol. The third-order valence-electron chi connectivity index (χ3n) is 19.1. The molecule has 2 amide bonds. The van der Waals surface area contributed by atoms with Crippen molar-refractivity contribution < 1.29 is 43.0 Å². The number of fused-ring (bicyclic) bond motifs is 9. The topological polar surface area (TPSA) is 230 Å². The van der Waals surface area contributed by atoms with E-state index in [1.165, 1.54) is 12.1 Å². The first kappa shape index (κ1) is 61.2. The molecule has 19 heteroatoms. The molecule has 1 atom stereocenters. The molecule has 0 fully saturated rings. The lowest BCUT2D eigenvalue weighted by Gasteiger charge is -2.38. The molecule has 0 saturated heterocycles. The molecule has 0 radical (unpaired) electrons. The maximum Gasteiger partial charge on any atom is 0.354 e. The van der Waals surface area contributed by atoms with Gasteiger partial charge in [0.15, 0.2) is 5.78 Å². The number of aromatic amines is 3. The van der Waals surface area contributed by atoms with Crippen LogP contribution in [0.2, 0.25) is 0 Å². The number of ether oxygens (including phenoxy) is 4. The minimum absolute atomic E-state index is 0.00605. The summed E-state index contributed by atoms with van der Waals surface area (Å²) in [5, 5.41) is 22.6. The van der Waals surface area contributed by atoms with Gasteiger partial charge in [-0.1, -0.05) is 91.0 Å². The van der Waals surface area contributed by atoms with Crippen molar-refractivity contribution in [2.45, 2.75) is 43.6 Å². The summed E-state index contributed by atoms with van der Waals surface area (Å²) in [4.78, 5) is 83.8. The molecule has 5 heterocycles. The first-order valence-electron chi connectivity index (χ1n) is 32.2. The van der Waals surface area contributed by atoms with E-state index in [1.807, 2.05) is 192 Å². The predicted octanol–water partition coefficient (Wildman–Crippen LogP) is 15.3. The second-order valence-electron chi connectivity index (χ2n) is 24.5. The van der Waals surface area contributed by atoms with Gasteiger partial charge in [-0.2, -0.15) is 10.2 Å². The molecule has 0 saturated carbocycles. The highest BCUT2D eigenvalue weighted by Crippen LogP contribution is 2.45. The number of aryl methyl sites for hydroxylation is 1. The third kappa shape index (κ3) is 11.6. The Morgan fingerprint density at radius 2 is 1.11 bits per heavy atom. The number of hydrogen-bond donors (Lipinski definition) is 3. The van der Waals surface area contributed by atoms with E-state index >= 15 is 4.79 Å². The molecule has 12 aromatic rings. The van der Waals surface area contributed by atoms with Crippen LogP contribution in [0.1, 0.15) is 88.3 Å². The number of amides is 2. The number of benzene rings is 9. The van der Waals surface area contributed by atoms with Crippen LogP contribution in [0, 0.1) is 10.1 Å². The molecule has 3 aliphatic rings. The molecule has 97 heavy (non-hydrogen) atoms. The Morgan fingerprint density at radius 1 is 0.577 bits per heavy atom. The minimum Gasteiger partial charge on any atom is -0.497 e. The summed E-state index contributed by atoms with van der Waals surface area (Å²) in [5.41, 5.74) is 13.3. The molecular formula is C78H65N9O10. The van der Waals surface area contributed by atoms with Crippen LogP contribution in [0.15, 0.2) is 223 Å². The van der Waals surface area contributed by atoms with Crippen molar-refractivity contribution in [2.24, 2.45) is 10.2 Å². The quantitative estimate of drug-likeness (QED) is 0.0116. The van der Waals surface area contributed by atoms with Gasteiger partial charge in [0.1, 0.15) is 35.2 Å². The number of nitro groups is 1. The van der Waals surface area contributed by atoms with E-state index in [9.17, 15) is 24.5 Å². The lowest BCUT2D eigenvalue weighted by molar-refractivity contribution is -0.384. The number of nitrogens with one attached hydrogen (secondary N) is 3. The zero-order chi connectivity index (χ0) is 66.3. The van der Waals surface area contributed by atoms with Gasteiger partial charge in [0.25, 0.3) is 11.6 Å². The number of aromatic nitrogens is 3. The first-order chi connectivity index (χ1) is 47.4. The Balaban J connectivity index is 0.661. The number of anilines is 3. The molecule has 2 aliphatic heterocycles. The highest BCUT2D eigenvalue weighted by Gasteiger charge is 2.40. The van der Waals surface area contributed by atoms with Crippen molar-refractivity contribution in [3.63, 3.8) is 0 Å². The number of esters is 1. The molecule has 3 N–H and O–H groups in total. The van der Waals surface area contributed by atoms with Crippen molar-refractivity contribution in [1.82, 2.24) is 15.0 Å². The summed E-state index contributed by atoms with van der Waals surface area (Å²) < 4.78 is 24.2. The van der Waals surface area contributed by atoms with Crippen molar-refractivity contribution in [1.29, 1.82) is 0 Å². The molecule has 19 nitrogen and oxygen atoms in total. The van der Waals surface area contributed by atoms with Crippen molar-refractivity contribution in [3.8, 4) is 11.5 Å². The Labute approximate surface area is 557 Å². The van der Waals surface area contributed by atoms with Crippen LogP contribution < -0.4 is 24.2 Å². The number of rotatable bonds is 21. The molecule has 0 bridgehead atoms. The van der Waals surface area contributed by atoms with Crippen LogP contribution >= 0.6 is 0 Å². The Bertz CT molecular complexity index is 5000. The second kappa shape index (κ2) is 25.7. The maximum atomic E-state index is 15.2. The first-order valence-corrected chi connectivity index (χ1v) is 32.2. The van der Waals surface area contributed by atoms with E-state index in [4.69, 9.17) is 18.9 Å². The number of nitrogens with zero attached hydrogens (tertiary/aromatic N) is 6. The largest absolute Gasteiger partial charge is 0.497 e. The maximum absolute atomic E-state index is 15.2. The molecular weight excluding hydrogens is 1220 g/mol. The number of non-ortho nitro benzene ring substituents is 1. The molecule has 3 aromatic heterocycles. The van der Waals surface area contributed by atoms with Crippen LogP contribution in [-0.4, -0.2) is 90.6 Å². The van der Waals surface area contributed by atoms with Crippen LogP contribution in [0.25, 0.3) is 32.7 Å². The fourth-order valence-electron chi connectivity index (χ4n) is 14.2. The molecule has 1 unspecified atom stereocenters. The van der Waals surface area contributed by atoms with Gasteiger partial charge in [0.05, 0.1) is 49.4 Å². The van der Waals surface area contributed by atoms with Gasteiger partial charge >= 0.3 is 5.97 Å². The van der Waals surface area contributed by atoms with Gasteiger partial charge in [0, 0.05) is 87.3 Å². The van der Waals surface area contributed by atoms with Crippen LogP contribution in [-0.2, 0) is 45.6 Å². The van der Waals surface area contributed by atoms with E-state index in [2.05, 4.69) is 25.2 Å². The summed E-state index contributed by atoms with van der Waals surface area (Å²) >= 11 is 0. The van der Waals surface area contributed by atoms with Crippen LogP contribution in [0.4, 0.5) is 34.1 Å². The molecule has 482 valence electrons. The highest BCUT2D eigenvalue weighted by molar-refractivity contribution is 6.12. The zero-order valence-electron chi connectivity index (χ0n) is 53.1. The monoisotopic (exact) mass is 1290 g/mol. The summed E-state index contributed by atoms with van der Waals surface area (Å²) in [7, 11) is 3.27. The third-order valence-corrected chi connectivity index (χ3v) is 19.1. The SMILES string of the molecule is COc1ccc(C(OCN(CC(=O)N2CCc3c2ccc2[nH]c(C(=O)C4CCc5c4ccc4[nH]c(C(=O)N6CCc7c6ccc6[nH]c(C(=O)OCCc8ccc([N+](=O)[O-])cc8)cc76)cc54)cc32)c2ccc(N=Nc3ccccc3)cc2)(c2ccccc2)c2ccc(OC)cc2)cc1. The van der Waals surface area contributed by atoms with Crippen LogP contribution in [0.3, 0.4) is 0 Å². The fraction of sp³-hybridized carbons (Fsp3) is 0.179. The Morgan fingerprint density at radius 3 is 1.74 bits per heavy atom. The number of nitro benzene ring substituents is 1. The summed E-state index contributed by atoms with van der Waals surface area (Å²) in [6.45, 7) is 0.902. The fourth-order valence-corrected chi connectivity index (χ4v) is 14.2. The van der Waals surface area contributed by atoms with E-state index < -0.39 is 22.4 Å². The average Bonchev–Trinajstić information content (AvgIpc) is 1.00. The number of methoxy groups -OCH3 is 2. The lowest BCUT2D eigenvalue weighted by Crippen LogP contribution is -2.43. The van der Waals surface area contributed by atoms with Gasteiger partial charge in [-0.3, -0.25) is 24.5 Å². The van der Waals surface area contributed by atoms with Crippen molar-refractivity contribution in [2.75, 3.05) is 61.9 Å². The number of Topliss-reactive ketones (excluding diaryl/α,β-unsaturated/α-hetero) is 1. The normalized spacial score (nSPS) is 14.1. The standard InChI is InChI=1S/C78H65N9O10/c1-94-56-25-15-50(16-26-56)78(49-9-5-3-6-10-49,51-17-27-57(95-2)28-18-51)97-47-84(54-23-19-53(20-24-54)83-82-52-11-7-4-8-12-52)46-74(88)85-40-37-60-64-43-69(79-67(64)33-35-72(60)85)75(89)62-30-29-59-58(62)31-32-66-63(59)44-70(80-66)76(90)86-41-38-61-65-45-71(81-68(65)34-36-73(61)86)77(91)96-42-39-48-13-21-55(22-14-48)87(92)93/h3-28,31-36,43-45,62,79-81H,29-30,37-42,46-47H2,1-2H3. The van der Waals surface area contributed by atoms with E-state index in [0.29, 0.717) is 73.8 Å². The van der Waals surface area contributed by atoms with Gasteiger partial charge < -0.3 is 48.6 Å². The summed E-state index contributed by atoms with van der Waals surface area (Å²) in [6, 6.07) is 66.3. The molecule has 0 spiro atoms. The zero-order valence-corrected chi connectivity index (χ0v) is 53.1. The minimum atomic E-state index is -1.18. The number of hydrogen-bond acceptors (Lipinski definition) is 13. The molecule has 1 aliphatic carbocycles. The van der Waals surface area contributed by atoms with Crippen molar-refractivity contribution in [3.05, 3.63) is 284 Å².